The lowest BCUT2D eigenvalue weighted by Crippen LogP contribution is -2.48. The molecule has 6 nitrogen and oxygen atoms in total. The van der Waals surface area contributed by atoms with E-state index in [-0.39, 0.29) is 5.69 Å². The fourth-order valence-electron chi connectivity index (χ4n) is 5.41. The number of primary amides is 1. The third-order valence-corrected chi connectivity index (χ3v) is 5.66. The second-order valence-electron chi connectivity index (χ2n) is 7.26. The van der Waals surface area contributed by atoms with E-state index in [1.54, 1.807) is 4.68 Å². The van der Waals surface area contributed by atoms with E-state index in [4.69, 9.17) is 11.5 Å². The molecule has 0 atom stereocenters. The van der Waals surface area contributed by atoms with Gasteiger partial charge < -0.3 is 11.5 Å². The molecule has 0 aliphatic heterocycles. The number of aromatic nitrogens is 3. The standard InChI is InChI=1S/C14H21N5O/c15-12-11(13(16)20)17-18-19(12)7-14-4-8-1-9(5-14)3-10(2-8)6-14/h8-10H,1-7,15H2,(H2,16,20). The Bertz CT molecular complexity index is 529. The normalized spacial score (nSPS) is 38.3. The Labute approximate surface area is 117 Å². The van der Waals surface area contributed by atoms with Crippen molar-refractivity contribution in [1.82, 2.24) is 15.0 Å². The maximum atomic E-state index is 11.2. The largest absolute Gasteiger partial charge is 0.382 e. The average Bonchev–Trinajstić information content (AvgIpc) is 2.68. The molecule has 1 amide bonds. The molecule has 4 saturated carbocycles. The van der Waals surface area contributed by atoms with Crippen molar-refractivity contribution in [2.75, 3.05) is 5.73 Å². The first-order chi connectivity index (χ1) is 9.55. The third-order valence-electron chi connectivity index (χ3n) is 5.66. The predicted molar refractivity (Wildman–Crippen MR) is 73.6 cm³/mol. The molecule has 4 aliphatic rings. The number of carbonyl (C=O) groups excluding carboxylic acids is 1. The van der Waals surface area contributed by atoms with E-state index in [1.807, 2.05) is 0 Å². The molecule has 4 N–H and O–H groups in total. The molecular formula is C14H21N5O. The van der Waals surface area contributed by atoms with E-state index < -0.39 is 5.91 Å². The van der Waals surface area contributed by atoms with Crippen LogP contribution in [0.3, 0.4) is 0 Å². The van der Waals surface area contributed by atoms with E-state index in [1.165, 1.54) is 38.5 Å². The van der Waals surface area contributed by atoms with Crippen molar-refractivity contribution in [3.8, 4) is 0 Å². The highest BCUT2D eigenvalue weighted by atomic mass is 16.1. The summed E-state index contributed by atoms with van der Waals surface area (Å²) < 4.78 is 1.70. The first-order valence-corrected chi connectivity index (χ1v) is 7.53. The maximum Gasteiger partial charge on any atom is 0.273 e. The molecule has 20 heavy (non-hydrogen) atoms. The van der Waals surface area contributed by atoms with Gasteiger partial charge in [0, 0.05) is 0 Å². The number of carbonyl (C=O) groups is 1. The van der Waals surface area contributed by atoms with E-state index in [9.17, 15) is 4.79 Å². The van der Waals surface area contributed by atoms with Crippen molar-refractivity contribution in [2.45, 2.75) is 45.1 Å². The van der Waals surface area contributed by atoms with Gasteiger partial charge in [-0.2, -0.15) is 0 Å². The van der Waals surface area contributed by atoms with Gasteiger partial charge in [-0.1, -0.05) is 5.21 Å². The second-order valence-corrected chi connectivity index (χ2v) is 7.26. The van der Waals surface area contributed by atoms with Crippen LogP contribution in [0.25, 0.3) is 0 Å². The minimum atomic E-state index is -0.598. The van der Waals surface area contributed by atoms with Gasteiger partial charge >= 0.3 is 0 Å². The SMILES string of the molecule is NC(=O)c1nnn(CC23CC4CC(CC(C4)C2)C3)c1N. The number of amides is 1. The summed E-state index contributed by atoms with van der Waals surface area (Å²) in [5.74, 6) is 2.40. The van der Waals surface area contributed by atoms with Crippen LogP contribution < -0.4 is 11.5 Å². The Balaban J connectivity index is 1.61. The molecule has 0 saturated heterocycles. The zero-order valence-corrected chi connectivity index (χ0v) is 11.6. The number of hydrogen-bond acceptors (Lipinski definition) is 4. The predicted octanol–water partition coefficient (Wildman–Crippen LogP) is 1.18. The summed E-state index contributed by atoms with van der Waals surface area (Å²) in [7, 11) is 0. The molecule has 108 valence electrons. The van der Waals surface area contributed by atoms with Gasteiger partial charge in [0.2, 0.25) is 0 Å². The lowest BCUT2D eigenvalue weighted by atomic mass is 9.49. The number of nitrogen functional groups attached to an aromatic ring is 1. The molecule has 4 bridgehead atoms. The summed E-state index contributed by atoms with van der Waals surface area (Å²) in [6, 6.07) is 0. The average molecular weight is 275 g/mol. The molecule has 5 rings (SSSR count). The Morgan fingerprint density at radius 3 is 2.20 bits per heavy atom. The summed E-state index contributed by atoms with van der Waals surface area (Å²) in [6.45, 7) is 0.794. The summed E-state index contributed by atoms with van der Waals surface area (Å²) in [6.07, 6.45) is 8.09. The Hall–Kier alpha value is -1.59. The van der Waals surface area contributed by atoms with E-state index >= 15 is 0 Å². The molecule has 4 fully saturated rings. The van der Waals surface area contributed by atoms with Gasteiger partial charge in [0.1, 0.15) is 0 Å². The number of anilines is 1. The Morgan fingerprint density at radius 1 is 1.20 bits per heavy atom. The minimum absolute atomic E-state index is 0.106. The lowest BCUT2D eigenvalue weighted by molar-refractivity contribution is -0.0634. The van der Waals surface area contributed by atoms with Crippen LogP contribution in [0.1, 0.15) is 49.0 Å². The molecule has 6 heteroatoms. The summed E-state index contributed by atoms with van der Waals surface area (Å²) in [4.78, 5) is 11.2. The van der Waals surface area contributed by atoms with E-state index in [0.717, 1.165) is 24.3 Å². The Morgan fingerprint density at radius 2 is 1.75 bits per heavy atom. The van der Waals surface area contributed by atoms with Crippen molar-refractivity contribution in [1.29, 1.82) is 0 Å². The van der Waals surface area contributed by atoms with Crippen molar-refractivity contribution in [3.05, 3.63) is 5.69 Å². The summed E-state index contributed by atoms with van der Waals surface area (Å²) >= 11 is 0. The number of hydrogen-bond donors (Lipinski definition) is 2. The van der Waals surface area contributed by atoms with Crippen molar-refractivity contribution in [2.24, 2.45) is 28.9 Å². The molecule has 1 aromatic heterocycles. The molecule has 1 aromatic rings. The van der Waals surface area contributed by atoms with Crippen molar-refractivity contribution in [3.63, 3.8) is 0 Å². The highest BCUT2D eigenvalue weighted by Crippen LogP contribution is 2.60. The van der Waals surface area contributed by atoms with Crippen molar-refractivity contribution >= 4 is 11.7 Å². The molecule has 0 spiro atoms. The maximum absolute atomic E-state index is 11.2. The van der Waals surface area contributed by atoms with Crippen LogP contribution in [0.15, 0.2) is 0 Å². The van der Waals surface area contributed by atoms with Gasteiger partial charge in [-0.25, -0.2) is 4.68 Å². The Kier molecular flexibility index (Phi) is 2.41. The van der Waals surface area contributed by atoms with Crippen LogP contribution in [0, 0.1) is 23.2 Å². The summed E-state index contributed by atoms with van der Waals surface area (Å²) in [5, 5.41) is 7.88. The zero-order valence-electron chi connectivity index (χ0n) is 11.6. The van der Waals surface area contributed by atoms with Crippen LogP contribution in [-0.4, -0.2) is 20.9 Å². The van der Waals surface area contributed by atoms with Crippen LogP contribution in [0.4, 0.5) is 5.82 Å². The molecule has 0 unspecified atom stereocenters. The molecule has 4 aliphatic carbocycles. The zero-order chi connectivity index (χ0) is 13.9. The number of nitrogens with two attached hydrogens (primary N) is 2. The molecular weight excluding hydrogens is 254 g/mol. The first kappa shape index (κ1) is 12.2. The molecule has 1 heterocycles. The molecule has 0 radical (unpaired) electrons. The van der Waals surface area contributed by atoms with Crippen LogP contribution in [0.2, 0.25) is 0 Å². The fraction of sp³-hybridized carbons (Fsp3) is 0.786. The number of nitrogens with zero attached hydrogens (tertiary/aromatic N) is 3. The first-order valence-electron chi connectivity index (χ1n) is 7.53. The highest BCUT2D eigenvalue weighted by molar-refractivity contribution is 5.94. The minimum Gasteiger partial charge on any atom is -0.382 e. The summed E-state index contributed by atoms with van der Waals surface area (Å²) in [5.41, 5.74) is 11.7. The van der Waals surface area contributed by atoms with Gasteiger partial charge in [0.05, 0.1) is 6.54 Å². The van der Waals surface area contributed by atoms with Gasteiger partial charge in [0.25, 0.3) is 5.91 Å². The lowest BCUT2D eigenvalue weighted by Gasteiger charge is -2.56. The van der Waals surface area contributed by atoms with Gasteiger partial charge in [-0.05, 0) is 61.7 Å². The topological polar surface area (TPSA) is 99.8 Å². The second kappa shape index (κ2) is 3.96. The van der Waals surface area contributed by atoms with Crippen LogP contribution in [-0.2, 0) is 6.54 Å². The quantitative estimate of drug-likeness (QED) is 0.865. The molecule has 0 aromatic carbocycles. The van der Waals surface area contributed by atoms with E-state index in [2.05, 4.69) is 10.3 Å². The van der Waals surface area contributed by atoms with Gasteiger partial charge in [-0.3, -0.25) is 4.79 Å². The van der Waals surface area contributed by atoms with E-state index in [0.29, 0.717) is 11.2 Å². The number of rotatable bonds is 3. The monoisotopic (exact) mass is 275 g/mol. The van der Waals surface area contributed by atoms with Gasteiger partial charge in [-0.15, -0.1) is 5.10 Å². The smallest absolute Gasteiger partial charge is 0.273 e. The van der Waals surface area contributed by atoms with Crippen molar-refractivity contribution < 1.29 is 4.79 Å². The van der Waals surface area contributed by atoms with Crippen LogP contribution >= 0.6 is 0 Å². The highest BCUT2D eigenvalue weighted by Gasteiger charge is 2.51. The third kappa shape index (κ3) is 1.73. The fourth-order valence-corrected chi connectivity index (χ4v) is 5.41. The van der Waals surface area contributed by atoms with Gasteiger partial charge in [0.15, 0.2) is 11.5 Å². The van der Waals surface area contributed by atoms with Crippen LogP contribution in [0.5, 0.6) is 0 Å².